The second-order valence-corrected chi connectivity index (χ2v) is 6.18. The minimum absolute atomic E-state index is 0.135. The fraction of sp³-hybridized carbons (Fsp3) is 0.412. The Morgan fingerprint density at radius 3 is 3.00 bits per heavy atom. The molecule has 3 heterocycles. The average molecular weight is 313 g/mol. The molecule has 6 heteroatoms. The lowest BCUT2D eigenvalue weighted by Gasteiger charge is -2.15. The van der Waals surface area contributed by atoms with Crippen LogP contribution in [-0.2, 0) is 0 Å². The molecule has 0 bridgehead atoms. The largest absolute Gasteiger partial charge is 0.443 e. The molecule has 2 aromatic heterocycles. The SMILES string of the molecule is CC(C)(O)C#Cc1ccc(C(=O)N2CCC(n3ccnc3)C2)o1. The summed E-state index contributed by atoms with van der Waals surface area (Å²) in [6.45, 7) is 4.51. The number of aliphatic hydroxyl groups is 1. The summed E-state index contributed by atoms with van der Waals surface area (Å²) in [6, 6.07) is 3.53. The highest BCUT2D eigenvalue weighted by Crippen LogP contribution is 2.23. The van der Waals surface area contributed by atoms with Gasteiger partial charge in [0.1, 0.15) is 5.60 Å². The Morgan fingerprint density at radius 2 is 2.30 bits per heavy atom. The van der Waals surface area contributed by atoms with Crippen LogP contribution < -0.4 is 0 Å². The van der Waals surface area contributed by atoms with Crippen LogP contribution in [0.4, 0.5) is 0 Å². The number of hydrogen-bond donors (Lipinski definition) is 1. The maximum absolute atomic E-state index is 12.5. The van der Waals surface area contributed by atoms with Crippen molar-refractivity contribution in [2.75, 3.05) is 13.1 Å². The van der Waals surface area contributed by atoms with E-state index in [1.165, 1.54) is 0 Å². The molecule has 1 aliphatic heterocycles. The molecule has 1 N–H and O–H groups in total. The third kappa shape index (κ3) is 3.63. The molecule has 23 heavy (non-hydrogen) atoms. The first-order chi connectivity index (χ1) is 10.9. The number of amides is 1. The molecule has 0 aromatic carbocycles. The smallest absolute Gasteiger partial charge is 0.289 e. The summed E-state index contributed by atoms with van der Waals surface area (Å²) in [5.74, 6) is 5.91. The van der Waals surface area contributed by atoms with E-state index in [1.807, 2.05) is 10.8 Å². The maximum atomic E-state index is 12.5. The predicted octanol–water partition coefficient (Wildman–Crippen LogP) is 1.69. The number of imidazole rings is 1. The molecular formula is C17H19N3O3. The van der Waals surface area contributed by atoms with Crippen LogP contribution in [-0.4, -0.2) is 44.2 Å². The molecule has 1 aliphatic rings. The lowest BCUT2D eigenvalue weighted by molar-refractivity contribution is 0.0755. The first-order valence-corrected chi connectivity index (χ1v) is 7.54. The van der Waals surface area contributed by atoms with E-state index in [-0.39, 0.29) is 17.7 Å². The molecule has 0 radical (unpaired) electrons. The molecule has 0 aliphatic carbocycles. The maximum Gasteiger partial charge on any atom is 0.289 e. The second-order valence-electron chi connectivity index (χ2n) is 6.18. The topological polar surface area (TPSA) is 71.5 Å². The number of aromatic nitrogens is 2. The van der Waals surface area contributed by atoms with Gasteiger partial charge in [0.2, 0.25) is 0 Å². The fourth-order valence-corrected chi connectivity index (χ4v) is 2.55. The molecule has 2 aromatic rings. The van der Waals surface area contributed by atoms with Crippen molar-refractivity contribution in [2.24, 2.45) is 0 Å². The molecule has 3 rings (SSSR count). The van der Waals surface area contributed by atoms with Crippen molar-refractivity contribution in [3.63, 3.8) is 0 Å². The third-order valence-electron chi connectivity index (χ3n) is 3.71. The number of rotatable bonds is 2. The Labute approximate surface area is 134 Å². The van der Waals surface area contributed by atoms with Gasteiger partial charge in [0.25, 0.3) is 5.91 Å². The van der Waals surface area contributed by atoms with Crippen LogP contribution in [0.3, 0.4) is 0 Å². The van der Waals surface area contributed by atoms with Gasteiger partial charge in [-0.2, -0.15) is 0 Å². The van der Waals surface area contributed by atoms with Crippen LogP contribution >= 0.6 is 0 Å². The quantitative estimate of drug-likeness (QED) is 0.856. The van der Waals surface area contributed by atoms with E-state index in [0.717, 1.165) is 6.42 Å². The first-order valence-electron chi connectivity index (χ1n) is 7.54. The minimum Gasteiger partial charge on any atom is -0.443 e. The summed E-state index contributed by atoms with van der Waals surface area (Å²) < 4.78 is 7.51. The Morgan fingerprint density at radius 1 is 1.48 bits per heavy atom. The fourth-order valence-electron chi connectivity index (χ4n) is 2.55. The van der Waals surface area contributed by atoms with E-state index >= 15 is 0 Å². The lowest BCUT2D eigenvalue weighted by atomic mass is 10.1. The van der Waals surface area contributed by atoms with Gasteiger partial charge in [-0.3, -0.25) is 4.79 Å². The van der Waals surface area contributed by atoms with Crippen LogP contribution in [0.15, 0.2) is 35.3 Å². The van der Waals surface area contributed by atoms with E-state index in [2.05, 4.69) is 16.8 Å². The molecule has 1 amide bonds. The molecule has 1 saturated heterocycles. The third-order valence-corrected chi connectivity index (χ3v) is 3.71. The van der Waals surface area contributed by atoms with Crippen LogP contribution in [0, 0.1) is 11.8 Å². The van der Waals surface area contributed by atoms with E-state index in [4.69, 9.17) is 4.42 Å². The average Bonchev–Trinajstić information content (AvgIpc) is 3.22. The number of carbonyl (C=O) groups is 1. The summed E-state index contributed by atoms with van der Waals surface area (Å²) in [7, 11) is 0. The van der Waals surface area contributed by atoms with E-state index in [9.17, 15) is 9.90 Å². The zero-order valence-corrected chi connectivity index (χ0v) is 13.2. The summed E-state index contributed by atoms with van der Waals surface area (Å²) in [5, 5.41) is 9.59. The molecule has 120 valence electrons. The monoisotopic (exact) mass is 313 g/mol. The van der Waals surface area contributed by atoms with Crippen LogP contribution in [0.5, 0.6) is 0 Å². The highest BCUT2D eigenvalue weighted by molar-refractivity contribution is 5.91. The minimum atomic E-state index is -1.09. The highest BCUT2D eigenvalue weighted by Gasteiger charge is 2.29. The Hall–Kier alpha value is -2.52. The molecule has 1 atom stereocenters. The zero-order chi connectivity index (χ0) is 16.4. The number of furan rings is 1. The van der Waals surface area contributed by atoms with Gasteiger partial charge in [0.15, 0.2) is 11.5 Å². The summed E-state index contributed by atoms with van der Waals surface area (Å²) >= 11 is 0. The van der Waals surface area contributed by atoms with Crippen molar-refractivity contribution in [1.82, 2.24) is 14.5 Å². The number of likely N-dealkylation sites (tertiary alicyclic amines) is 1. The number of nitrogens with zero attached hydrogens (tertiary/aromatic N) is 3. The number of carbonyl (C=O) groups excluding carboxylic acids is 1. The Kier molecular flexibility index (Phi) is 3.97. The van der Waals surface area contributed by atoms with Gasteiger partial charge < -0.3 is 19.0 Å². The first kappa shape index (κ1) is 15.4. The van der Waals surface area contributed by atoms with E-state index < -0.39 is 5.60 Å². The summed E-state index contributed by atoms with van der Waals surface area (Å²) in [4.78, 5) is 18.3. The van der Waals surface area contributed by atoms with Crippen molar-refractivity contribution in [3.05, 3.63) is 42.4 Å². The van der Waals surface area contributed by atoms with Gasteiger partial charge in [-0.25, -0.2) is 4.98 Å². The standard InChI is InChI=1S/C17H19N3O3/c1-17(2,22)7-5-14-3-4-15(23-14)16(21)19-9-6-13(11-19)20-10-8-18-12-20/h3-4,8,10,12-13,22H,6,9,11H2,1-2H3. The Bertz CT molecular complexity index is 744. The zero-order valence-electron chi connectivity index (χ0n) is 13.2. The second kappa shape index (κ2) is 5.94. The highest BCUT2D eigenvalue weighted by atomic mass is 16.4. The van der Waals surface area contributed by atoms with Crippen molar-refractivity contribution in [2.45, 2.75) is 31.9 Å². The van der Waals surface area contributed by atoms with Gasteiger partial charge >= 0.3 is 0 Å². The molecule has 0 saturated carbocycles. The van der Waals surface area contributed by atoms with Crippen LogP contribution in [0.1, 0.15) is 42.6 Å². The van der Waals surface area contributed by atoms with Crippen molar-refractivity contribution in [3.8, 4) is 11.8 Å². The summed E-state index contributed by atoms with van der Waals surface area (Å²) in [6.07, 6.45) is 6.32. The molecule has 1 fully saturated rings. The Balaban J connectivity index is 1.67. The molecule has 1 unspecified atom stereocenters. The molecular weight excluding hydrogens is 294 g/mol. The normalized spacial score (nSPS) is 17.9. The van der Waals surface area contributed by atoms with Crippen LogP contribution in [0.2, 0.25) is 0 Å². The lowest BCUT2D eigenvalue weighted by Crippen LogP contribution is -2.28. The van der Waals surface area contributed by atoms with Gasteiger partial charge in [0, 0.05) is 25.5 Å². The molecule has 6 nitrogen and oxygen atoms in total. The predicted molar refractivity (Wildman–Crippen MR) is 83.7 cm³/mol. The van der Waals surface area contributed by atoms with Crippen molar-refractivity contribution in [1.29, 1.82) is 0 Å². The van der Waals surface area contributed by atoms with E-state index in [0.29, 0.717) is 18.8 Å². The van der Waals surface area contributed by atoms with Gasteiger partial charge in [-0.15, -0.1) is 0 Å². The van der Waals surface area contributed by atoms with Crippen LogP contribution in [0.25, 0.3) is 0 Å². The van der Waals surface area contributed by atoms with Gasteiger partial charge in [0.05, 0.1) is 12.4 Å². The number of hydrogen-bond acceptors (Lipinski definition) is 4. The molecule has 0 spiro atoms. The van der Waals surface area contributed by atoms with E-state index in [1.54, 1.807) is 43.4 Å². The van der Waals surface area contributed by atoms with Crippen molar-refractivity contribution >= 4 is 5.91 Å². The van der Waals surface area contributed by atoms with Gasteiger partial charge in [-0.1, -0.05) is 5.92 Å². The summed E-state index contributed by atoms with van der Waals surface area (Å²) in [5.41, 5.74) is -1.09. The van der Waals surface area contributed by atoms with Gasteiger partial charge in [-0.05, 0) is 38.3 Å². The van der Waals surface area contributed by atoms with Crippen molar-refractivity contribution < 1.29 is 14.3 Å².